The zero-order valence-corrected chi connectivity index (χ0v) is 12.3. The van der Waals surface area contributed by atoms with Gasteiger partial charge in [0.15, 0.2) is 0 Å². The van der Waals surface area contributed by atoms with Crippen LogP contribution in [0.1, 0.15) is 44.7 Å². The predicted molar refractivity (Wildman–Crippen MR) is 80.2 cm³/mol. The van der Waals surface area contributed by atoms with Gasteiger partial charge in [0.25, 0.3) is 0 Å². The molecule has 2 atom stereocenters. The molecule has 1 aromatic carbocycles. The quantitative estimate of drug-likeness (QED) is 0.803. The lowest BCUT2D eigenvalue weighted by Gasteiger charge is -2.50. The van der Waals surface area contributed by atoms with Crippen molar-refractivity contribution >= 4 is 0 Å². The highest BCUT2D eigenvalue weighted by Crippen LogP contribution is 2.33. The first-order valence-electron chi connectivity index (χ1n) is 7.80. The number of hydrogen-bond acceptors (Lipinski definition) is 2. The summed E-state index contributed by atoms with van der Waals surface area (Å²) in [6.07, 6.45) is 4.20. The lowest BCUT2D eigenvalue weighted by atomic mass is 9.92. The van der Waals surface area contributed by atoms with Crippen molar-refractivity contribution in [1.82, 2.24) is 9.80 Å². The van der Waals surface area contributed by atoms with E-state index in [1.807, 2.05) is 0 Å². The van der Waals surface area contributed by atoms with Gasteiger partial charge in [-0.2, -0.15) is 0 Å². The normalized spacial score (nSPS) is 29.4. The van der Waals surface area contributed by atoms with Crippen LogP contribution in [-0.2, 0) is 0 Å². The molecule has 0 saturated carbocycles. The summed E-state index contributed by atoms with van der Waals surface area (Å²) in [5.41, 5.74) is 1.49. The molecule has 2 heterocycles. The Morgan fingerprint density at radius 1 is 1.05 bits per heavy atom. The molecule has 2 nitrogen and oxygen atoms in total. The molecule has 1 aromatic rings. The van der Waals surface area contributed by atoms with Crippen molar-refractivity contribution in [2.24, 2.45) is 0 Å². The average Bonchev–Trinajstić information content (AvgIpc) is 2.46. The molecule has 0 N–H and O–H groups in total. The molecule has 104 valence electrons. The number of hydrogen-bond donors (Lipinski definition) is 0. The summed E-state index contributed by atoms with van der Waals surface area (Å²) in [6.45, 7) is 8.45. The maximum Gasteiger partial charge on any atom is 0.0478 e. The van der Waals surface area contributed by atoms with Gasteiger partial charge in [-0.1, -0.05) is 36.8 Å². The van der Waals surface area contributed by atoms with Crippen molar-refractivity contribution in [3.05, 3.63) is 35.9 Å². The topological polar surface area (TPSA) is 6.48 Å². The van der Waals surface area contributed by atoms with Crippen LogP contribution in [0, 0.1) is 0 Å². The molecule has 19 heavy (non-hydrogen) atoms. The van der Waals surface area contributed by atoms with Crippen molar-refractivity contribution in [3.63, 3.8) is 0 Å². The second-order valence-corrected chi connectivity index (χ2v) is 6.36. The highest BCUT2D eigenvalue weighted by Gasteiger charge is 2.36. The molecule has 0 radical (unpaired) electrons. The van der Waals surface area contributed by atoms with Crippen molar-refractivity contribution in [2.75, 3.05) is 19.6 Å². The summed E-state index contributed by atoms with van der Waals surface area (Å²) >= 11 is 0. The van der Waals surface area contributed by atoms with Crippen LogP contribution in [0.2, 0.25) is 0 Å². The highest BCUT2D eigenvalue weighted by molar-refractivity contribution is 5.20. The molecule has 2 aliphatic heterocycles. The van der Waals surface area contributed by atoms with Gasteiger partial charge < -0.3 is 0 Å². The van der Waals surface area contributed by atoms with Gasteiger partial charge in [0, 0.05) is 31.2 Å². The molecule has 0 bridgehead atoms. The molecule has 2 unspecified atom stereocenters. The first-order chi connectivity index (χ1) is 9.25. The molecule has 0 aromatic heterocycles. The summed E-state index contributed by atoms with van der Waals surface area (Å²) in [4.78, 5) is 5.45. The van der Waals surface area contributed by atoms with Gasteiger partial charge >= 0.3 is 0 Å². The van der Waals surface area contributed by atoms with E-state index in [2.05, 4.69) is 54.0 Å². The summed E-state index contributed by atoms with van der Waals surface area (Å²) < 4.78 is 0. The van der Waals surface area contributed by atoms with E-state index in [4.69, 9.17) is 0 Å². The summed E-state index contributed by atoms with van der Waals surface area (Å²) in [5, 5.41) is 0. The SMILES string of the molecule is CC(C)N1CC2CCCCN2CC1c1ccccc1. The number of fused-ring (bicyclic) bond motifs is 1. The first kappa shape index (κ1) is 13.1. The van der Waals surface area contributed by atoms with Crippen molar-refractivity contribution < 1.29 is 0 Å². The molecule has 2 fully saturated rings. The Balaban J connectivity index is 1.83. The van der Waals surface area contributed by atoms with E-state index in [1.165, 1.54) is 44.5 Å². The lowest BCUT2D eigenvalue weighted by molar-refractivity contribution is -0.00791. The molecular weight excluding hydrogens is 232 g/mol. The fourth-order valence-electron chi connectivity index (χ4n) is 3.75. The van der Waals surface area contributed by atoms with Crippen LogP contribution in [0.4, 0.5) is 0 Å². The van der Waals surface area contributed by atoms with Gasteiger partial charge in [0.2, 0.25) is 0 Å². The molecule has 2 saturated heterocycles. The smallest absolute Gasteiger partial charge is 0.0478 e. The zero-order valence-electron chi connectivity index (χ0n) is 12.3. The van der Waals surface area contributed by atoms with Gasteiger partial charge in [-0.25, -0.2) is 0 Å². The van der Waals surface area contributed by atoms with E-state index >= 15 is 0 Å². The Morgan fingerprint density at radius 2 is 1.84 bits per heavy atom. The largest absolute Gasteiger partial charge is 0.297 e. The van der Waals surface area contributed by atoms with Crippen LogP contribution < -0.4 is 0 Å². The number of piperidine rings is 1. The van der Waals surface area contributed by atoms with E-state index in [1.54, 1.807) is 0 Å². The van der Waals surface area contributed by atoms with Crippen LogP contribution >= 0.6 is 0 Å². The molecule has 0 aliphatic carbocycles. The van der Waals surface area contributed by atoms with Crippen molar-refractivity contribution in [3.8, 4) is 0 Å². The van der Waals surface area contributed by atoms with Crippen LogP contribution in [0.5, 0.6) is 0 Å². The maximum absolute atomic E-state index is 2.74. The van der Waals surface area contributed by atoms with Gasteiger partial charge in [-0.3, -0.25) is 9.80 Å². The molecule has 2 aliphatic rings. The van der Waals surface area contributed by atoms with Crippen LogP contribution in [0.15, 0.2) is 30.3 Å². The fraction of sp³-hybridized carbons (Fsp3) is 0.647. The average molecular weight is 258 g/mol. The van der Waals surface area contributed by atoms with E-state index in [-0.39, 0.29) is 0 Å². The third-order valence-electron chi connectivity index (χ3n) is 4.83. The standard InChI is InChI=1S/C17H26N2/c1-14(2)19-12-16-10-6-7-11-18(16)13-17(19)15-8-4-3-5-9-15/h3-5,8-9,14,16-17H,6-7,10-13H2,1-2H3. The Bertz CT molecular complexity index is 401. The minimum Gasteiger partial charge on any atom is -0.297 e. The summed E-state index contributed by atoms with van der Waals surface area (Å²) in [5.74, 6) is 0. The van der Waals surface area contributed by atoms with Crippen molar-refractivity contribution in [1.29, 1.82) is 0 Å². The number of nitrogens with zero attached hydrogens (tertiary/aromatic N) is 2. The number of benzene rings is 1. The van der Waals surface area contributed by atoms with E-state index < -0.39 is 0 Å². The summed E-state index contributed by atoms with van der Waals surface area (Å²) in [7, 11) is 0. The second kappa shape index (κ2) is 5.64. The van der Waals surface area contributed by atoms with Crippen molar-refractivity contribution in [2.45, 2.75) is 51.2 Å². The highest BCUT2D eigenvalue weighted by atomic mass is 15.3. The Hall–Kier alpha value is -0.860. The van der Waals surface area contributed by atoms with Crippen LogP contribution in [0.3, 0.4) is 0 Å². The van der Waals surface area contributed by atoms with E-state index in [0.29, 0.717) is 12.1 Å². The molecule has 0 amide bonds. The fourth-order valence-corrected chi connectivity index (χ4v) is 3.75. The van der Waals surface area contributed by atoms with Gasteiger partial charge in [0.05, 0.1) is 0 Å². The minimum atomic E-state index is 0.579. The maximum atomic E-state index is 2.74. The third-order valence-corrected chi connectivity index (χ3v) is 4.83. The van der Waals surface area contributed by atoms with Crippen LogP contribution in [-0.4, -0.2) is 41.5 Å². The Kier molecular flexibility index (Phi) is 3.90. The lowest BCUT2D eigenvalue weighted by Crippen LogP contribution is -2.57. The van der Waals surface area contributed by atoms with E-state index in [0.717, 1.165) is 6.04 Å². The zero-order chi connectivity index (χ0) is 13.2. The minimum absolute atomic E-state index is 0.579. The first-order valence-corrected chi connectivity index (χ1v) is 7.80. The van der Waals surface area contributed by atoms with Gasteiger partial charge in [-0.05, 0) is 38.8 Å². The molecular formula is C17H26N2. The van der Waals surface area contributed by atoms with Gasteiger partial charge in [-0.15, -0.1) is 0 Å². The predicted octanol–water partition coefficient (Wildman–Crippen LogP) is 3.31. The van der Waals surface area contributed by atoms with Gasteiger partial charge in [0.1, 0.15) is 0 Å². The summed E-state index contributed by atoms with van der Waals surface area (Å²) in [6, 6.07) is 13.1. The number of rotatable bonds is 2. The molecule has 3 rings (SSSR count). The Labute approximate surface area is 117 Å². The number of piperazine rings is 1. The Morgan fingerprint density at radius 3 is 2.58 bits per heavy atom. The van der Waals surface area contributed by atoms with Crippen LogP contribution in [0.25, 0.3) is 0 Å². The molecule has 0 spiro atoms. The van der Waals surface area contributed by atoms with E-state index in [9.17, 15) is 0 Å². The monoisotopic (exact) mass is 258 g/mol. The molecule has 2 heteroatoms. The third kappa shape index (κ3) is 2.70. The second-order valence-electron chi connectivity index (χ2n) is 6.36.